The number of phenolic OH excluding ortho intramolecular Hbond substituents is 1. The van der Waals surface area contributed by atoms with Gasteiger partial charge in [0.25, 0.3) is 0 Å². The predicted molar refractivity (Wildman–Crippen MR) is 76.1 cm³/mol. The Labute approximate surface area is 108 Å². The van der Waals surface area contributed by atoms with E-state index >= 15 is 0 Å². The van der Waals surface area contributed by atoms with Gasteiger partial charge in [-0.2, -0.15) is 0 Å². The van der Waals surface area contributed by atoms with E-state index in [4.69, 9.17) is 0 Å². The molecule has 0 amide bonds. The molecule has 0 atom stereocenters. The van der Waals surface area contributed by atoms with Gasteiger partial charge in [-0.1, -0.05) is 29.3 Å². The molecule has 2 N–H and O–H groups in total. The van der Waals surface area contributed by atoms with Crippen LogP contribution in [0.5, 0.6) is 5.75 Å². The molecule has 0 aliphatic heterocycles. The summed E-state index contributed by atoms with van der Waals surface area (Å²) >= 11 is 0. The number of hydrogen-bond acceptors (Lipinski definition) is 2. The van der Waals surface area contributed by atoms with Gasteiger partial charge in [0.2, 0.25) is 0 Å². The molecular formula is C16H19NO. The number of rotatable bonds is 3. The first-order valence-electron chi connectivity index (χ1n) is 6.15. The van der Waals surface area contributed by atoms with Gasteiger partial charge in [-0.15, -0.1) is 0 Å². The molecule has 2 aromatic carbocycles. The number of nitrogens with one attached hydrogen (secondary N) is 1. The van der Waals surface area contributed by atoms with Gasteiger partial charge in [0, 0.05) is 12.2 Å². The Morgan fingerprint density at radius 1 is 0.944 bits per heavy atom. The van der Waals surface area contributed by atoms with Crippen molar-refractivity contribution in [3.63, 3.8) is 0 Å². The maximum atomic E-state index is 9.47. The SMILES string of the molecule is Cc1cc(C)cc(CNc2ccc(O)c(C)c2)c1. The first-order chi connectivity index (χ1) is 8.54. The van der Waals surface area contributed by atoms with Gasteiger partial charge in [-0.25, -0.2) is 0 Å². The van der Waals surface area contributed by atoms with Crippen LogP contribution < -0.4 is 5.32 Å². The fourth-order valence-corrected chi connectivity index (χ4v) is 2.14. The molecule has 2 rings (SSSR count). The summed E-state index contributed by atoms with van der Waals surface area (Å²) in [6, 6.07) is 12.1. The maximum Gasteiger partial charge on any atom is 0.118 e. The van der Waals surface area contributed by atoms with Crippen molar-refractivity contribution < 1.29 is 5.11 Å². The van der Waals surface area contributed by atoms with Crippen LogP contribution in [0.4, 0.5) is 5.69 Å². The summed E-state index contributed by atoms with van der Waals surface area (Å²) in [6.45, 7) is 6.92. The van der Waals surface area contributed by atoms with Crippen LogP contribution in [0.15, 0.2) is 36.4 Å². The minimum atomic E-state index is 0.340. The van der Waals surface area contributed by atoms with Gasteiger partial charge >= 0.3 is 0 Å². The van der Waals surface area contributed by atoms with Crippen molar-refractivity contribution in [2.75, 3.05) is 5.32 Å². The third kappa shape index (κ3) is 3.04. The number of aryl methyl sites for hydroxylation is 3. The third-order valence-electron chi connectivity index (χ3n) is 2.97. The molecular weight excluding hydrogens is 222 g/mol. The van der Waals surface area contributed by atoms with Crippen molar-refractivity contribution in [2.45, 2.75) is 27.3 Å². The lowest BCUT2D eigenvalue weighted by molar-refractivity contribution is 0.471. The quantitative estimate of drug-likeness (QED) is 0.798. The van der Waals surface area contributed by atoms with Crippen LogP contribution in [0, 0.1) is 20.8 Å². The van der Waals surface area contributed by atoms with Gasteiger partial charge < -0.3 is 10.4 Å². The van der Waals surface area contributed by atoms with Gasteiger partial charge in [0.05, 0.1) is 0 Å². The second-order valence-corrected chi connectivity index (χ2v) is 4.85. The van der Waals surface area contributed by atoms with Crippen LogP contribution in [0.1, 0.15) is 22.3 Å². The molecule has 2 aromatic rings. The molecule has 0 radical (unpaired) electrons. The number of benzene rings is 2. The van der Waals surface area contributed by atoms with Gasteiger partial charge in [0.15, 0.2) is 0 Å². The molecule has 0 spiro atoms. The summed E-state index contributed by atoms with van der Waals surface area (Å²) in [5.74, 6) is 0.340. The average molecular weight is 241 g/mol. The maximum absolute atomic E-state index is 9.47. The van der Waals surface area contributed by atoms with Crippen molar-refractivity contribution in [1.82, 2.24) is 0 Å². The number of phenols is 1. The third-order valence-corrected chi connectivity index (χ3v) is 2.97. The molecule has 0 aliphatic rings. The molecule has 0 bridgehead atoms. The van der Waals surface area contributed by atoms with Crippen molar-refractivity contribution >= 4 is 5.69 Å². The van der Waals surface area contributed by atoms with E-state index in [0.717, 1.165) is 17.8 Å². The van der Waals surface area contributed by atoms with Crippen LogP contribution in [0.2, 0.25) is 0 Å². The molecule has 0 aliphatic carbocycles. The van der Waals surface area contributed by atoms with Crippen molar-refractivity contribution in [2.24, 2.45) is 0 Å². The van der Waals surface area contributed by atoms with E-state index in [1.165, 1.54) is 16.7 Å². The van der Waals surface area contributed by atoms with E-state index in [9.17, 15) is 5.11 Å². The summed E-state index contributed by atoms with van der Waals surface area (Å²) in [5, 5.41) is 12.8. The zero-order valence-electron chi connectivity index (χ0n) is 11.1. The Morgan fingerprint density at radius 2 is 1.61 bits per heavy atom. The Morgan fingerprint density at radius 3 is 2.22 bits per heavy atom. The number of anilines is 1. The van der Waals surface area contributed by atoms with Gasteiger partial charge in [-0.05, 0) is 50.1 Å². The molecule has 0 saturated carbocycles. The van der Waals surface area contributed by atoms with E-state index in [0.29, 0.717) is 5.75 Å². The Balaban J connectivity index is 2.08. The lowest BCUT2D eigenvalue weighted by Gasteiger charge is -2.09. The minimum Gasteiger partial charge on any atom is -0.508 e. The number of hydrogen-bond donors (Lipinski definition) is 2. The van der Waals surface area contributed by atoms with Crippen LogP contribution in [-0.4, -0.2) is 5.11 Å². The first kappa shape index (κ1) is 12.5. The topological polar surface area (TPSA) is 32.3 Å². The van der Waals surface area contributed by atoms with E-state index in [1.54, 1.807) is 6.07 Å². The van der Waals surface area contributed by atoms with E-state index in [2.05, 4.69) is 37.4 Å². The Bertz CT molecular complexity index is 541. The molecule has 0 fully saturated rings. The molecule has 94 valence electrons. The van der Waals surface area contributed by atoms with Crippen molar-refractivity contribution in [3.05, 3.63) is 58.7 Å². The lowest BCUT2D eigenvalue weighted by atomic mass is 10.1. The highest BCUT2D eigenvalue weighted by Gasteiger charge is 1.99. The summed E-state index contributed by atoms with van der Waals surface area (Å²) in [4.78, 5) is 0. The monoisotopic (exact) mass is 241 g/mol. The smallest absolute Gasteiger partial charge is 0.118 e. The molecule has 0 saturated heterocycles. The highest BCUT2D eigenvalue weighted by atomic mass is 16.3. The standard InChI is InChI=1S/C16H19NO/c1-11-6-12(2)8-14(7-11)10-17-15-4-5-16(18)13(3)9-15/h4-9,17-18H,10H2,1-3H3. The van der Waals surface area contributed by atoms with Crippen LogP contribution in [0.25, 0.3) is 0 Å². The Hall–Kier alpha value is -1.96. The molecule has 0 aromatic heterocycles. The highest BCUT2D eigenvalue weighted by Crippen LogP contribution is 2.20. The highest BCUT2D eigenvalue weighted by molar-refractivity contribution is 5.50. The van der Waals surface area contributed by atoms with Gasteiger partial charge in [-0.3, -0.25) is 0 Å². The minimum absolute atomic E-state index is 0.340. The summed E-state index contributed by atoms with van der Waals surface area (Å²) in [6.07, 6.45) is 0. The van der Waals surface area contributed by atoms with Crippen LogP contribution in [0.3, 0.4) is 0 Å². The Kier molecular flexibility index (Phi) is 3.56. The normalized spacial score (nSPS) is 10.4. The molecule has 0 heterocycles. The number of aromatic hydroxyl groups is 1. The molecule has 2 heteroatoms. The predicted octanol–water partition coefficient (Wildman–Crippen LogP) is 3.93. The summed E-state index contributed by atoms with van der Waals surface area (Å²) in [7, 11) is 0. The first-order valence-corrected chi connectivity index (χ1v) is 6.15. The van der Waals surface area contributed by atoms with Crippen molar-refractivity contribution in [1.29, 1.82) is 0 Å². The van der Waals surface area contributed by atoms with Crippen LogP contribution in [-0.2, 0) is 6.54 Å². The average Bonchev–Trinajstić information content (AvgIpc) is 2.29. The largest absolute Gasteiger partial charge is 0.508 e. The second-order valence-electron chi connectivity index (χ2n) is 4.85. The summed E-state index contributed by atoms with van der Waals surface area (Å²) < 4.78 is 0. The van der Waals surface area contributed by atoms with Gasteiger partial charge in [0.1, 0.15) is 5.75 Å². The fourth-order valence-electron chi connectivity index (χ4n) is 2.14. The van der Waals surface area contributed by atoms with E-state index in [-0.39, 0.29) is 0 Å². The van der Waals surface area contributed by atoms with Crippen LogP contribution >= 0.6 is 0 Å². The fraction of sp³-hybridized carbons (Fsp3) is 0.250. The summed E-state index contributed by atoms with van der Waals surface area (Å²) in [5.41, 5.74) is 5.77. The zero-order chi connectivity index (χ0) is 13.1. The second kappa shape index (κ2) is 5.13. The molecule has 18 heavy (non-hydrogen) atoms. The molecule has 2 nitrogen and oxygen atoms in total. The zero-order valence-corrected chi connectivity index (χ0v) is 11.1. The van der Waals surface area contributed by atoms with E-state index in [1.807, 2.05) is 19.1 Å². The van der Waals surface area contributed by atoms with E-state index < -0.39 is 0 Å². The molecule has 0 unspecified atom stereocenters. The lowest BCUT2D eigenvalue weighted by Crippen LogP contribution is -2.00. The van der Waals surface area contributed by atoms with Crippen molar-refractivity contribution in [3.8, 4) is 5.75 Å².